The average molecular weight is 484 g/mol. The predicted molar refractivity (Wildman–Crippen MR) is 115 cm³/mol. The van der Waals surface area contributed by atoms with Gasteiger partial charge in [-0.05, 0) is 31.2 Å². The first-order chi connectivity index (χ1) is 14.8. The lowest BCUT2D eigenvalue weighted by atomic mass is 10.2. The van der Waals surface area contributed by atoms with Crippen molar-refractivity contribution in [1.82, 2.24) is 9.13 Å². The number of halogens is 3. The second kappa shape index (κ2) is 8.32. The monoisotopic (exact) mass is 483 g/mol. The van der Waals surface area contributed by atoms with Gasteiger partial charge in [0.1, 0.15) is 11.6 Å². The molecule has 1 aromatic heterocycles. The standard InChI is InChI=1S/C20H16ClF2N3O5S/c1-11-8-18(27)25(20(29)24(11)2)17-10-16(13(21)9-15(17)23)26(32(3,30)31)19(28)12-6-4-5-7-14(12)22/h4-10H,1-3H3. The van der Waals surface area contributed by atoms with Gasteiger partial charge >= 0.3 is 5.69 Å². The number of nitrogens with zero attached hydrogens (tertiary/aromatic N) is 3. The molecule has 0 fully saturated rings. The van der Waals surface area contributed by atoms with Crippen LogP contribution in [0.1, 0.15) is 16.1 Å². The van der Waals surface area contributed by atoms with Gasteiger partial charge in [0.25, 0.3) is 11.5 Å². The third-order valence-corrected chi connectivity index (χ3v) is 5.98. The number of aryl methyl sites for hydroxylation is 1. The molecule has 3 aromatic rings. The molecule has 8 nitrogen and oxygen atoms in total. The maximum absolute atomic E-state index is 14.8. The number of hydrogen-bond acceptors (Lipinski definition) is 5. The van der Waals surface area contributed by atoms with Crippen molar-refractivity contribution >= 4 is 33.2 Å². The molecule has 3 rings (SSSR count). The van der Waals surface area contributed by atoms with Crippen LogP contribution in [0.3, 0.4) is 0 Å². The van der Waals surface area contributed by atoms with E-state index in [2.05, 4.69) is 0 Å². The van der Waals surface area contributed by atoms with Gasteiger partial charge in [0.2, 0.25) is 10.0 Å². The van der Waals surface area contributed by atoms with Crippen molar-refractivity contribution in [3.63, 3.8) is 0 Å². The molecule has 2 aromatic carbocycles. The van der Waals surface area contributed by atoms with Crippen molar-refractivity contribution < 1.29 is 22.0 Å². The second-order valence-electron chi connectivity index (χ2n) is 6.87. The summed E-state index contributed by atoms with van der Waals surface area (Å²) in [5.74, 6) is -3.41. The number of aromatic nitrogens is 2. The Kier molecular flexibility index (Phi) is 6.07. The van der Waals surface area contributed by atoms with E-state index in [4.69, 9.17) is 11.6 Å². The predicted octanol–water partition coefficient (Wildman–Crippen LogP) is 2.38. The molecule has 1 heterocycles. The van der Waals surface area contributed by atoms with Gasteiger partial charge in [-0.2, -0.15) is 0 Å². The van der Waals surface area contributed by atoms with Crippen LogP contribution in [0, 0.1) is 18.6 Å². The molecule has 0 atom stereocenters. The minimum Gasteiger partial charge on any atom is -0.301 e. The van der Waals surface area contributed by atoms with E-state index in [0.717, 1.165) is 28.8 Å². The average Bonchev–Trinajstić information content (AvgIpc) is 2.68. The number of hydrogen-bond donors (Lipinski definition) is 0. The molecule has 0 aliphatic rings. The summed E-state index contributed by atoms with van der Waals surface area (Å²) in [6.07, 6.45) is 0.669. The van der Waals surface area contributed by atoms with Crippen LogP contribution in [-0.4, -0.2) is 29.7 Å². The summed E-state index contributed by atoms with van der Waals surface area (Å²) in [5.41, 5.74) is -3.27. The highest BCUT2D eigenvalue weighted by molar-refractivity contribution is 7.92. The fourth-order valence-electron chi connectivity index (χ4n) is 2.99. The summed E-state index contributed by atoms with van der Waals surface area (Å²) < 4.78 is 55.6. The summed E-state index contributed by atoms with van der Waals surface area (Å²) in [4.78, 5) is 38.0. The molecule has 0 bridgehead atoms. The molecular formula is C20H16ClF2N3O5S. The van der Waals surface area contributed by atoms with Crippen LogP contribution in [0.15, 0.2) is 52.1 Å². The molecule has 0 aliphatic heterocycles. The Morgan fingerprint density at radius 3 is 2.28 bits per heavy atom. The first kappa shape index (κ1) is 23.4. The number of amides is 1. The van der Waals surface area contributed by atoms with Crippen LogP contribution in [-0.2, 0) is 17.1 Å². The van der Waals surface area contributed by atoms with Gasteiger partial charge in [-0.1, -0.05) is 23.7 Å². The van der Waals surface area contributed by atoms with Crippen molar-refractivity contribution in [3.8, 4) is 5.69 Å². The topological polar surface area (TPSA) is 98.5 Å². The Hall–Kier alpha value is -3.31. The maximum Gasteiger partial charge on any atom is 0.335 e. The summed E-state index contributed by atoms with van der Waals surface area (Å²) >= 11 is 6.03. The van der Waals surface area contributed by atoms with E-state index in [-0.39, 0.29) is 4.31 Å². The van der Waals surface area contributed by atoms with E-state index < -0.39 is 60.8 Å². The van der Waals surface area contributed by atoms with Gasteiger partial charge in [-0.25, -0.2) is 30.9 Å². The minimum atomic E-state index is -4.41. The number of anilines is 1. The molecule has 1 amide bonds. The Morgan fingerprint density at radius 1 is 1.06 bits per heavy atom. The van der Waals surface area contributed by atoms with Crippen LogP contribution in [0.25, 0.3) is 5.69 Å². The zero-order chi connectivity index (χ0) is 24.0. The highest BCUT2D eigenvalue weighted by atomic mass is 35.5. The lowest BCUT2D eigenvalue weighted by Gasteiger charge is -2.23. The molecule has 0 aliphatic carbocycles. The zero-order valence-electron chi connectivity index (χ0n) is 17.0. The smallest absolute Gasteiger partial charge is 0.301 e. The van der Waals surface area contributed by atoms with Crippen molar-refractivity contribution in [3.05, 3.63) is 91.2 Å². The van der Waals surface area contributed by atoms with Gasteiger partial charge in [-0.15, -0.1) is 0 Å². The second-order valence-corrected chi connectivity index (χ2v) is 9.11. The SMILES string of the molecule is Cc1cc(=O)n(-c2cc(N(C(=O)c3ccccc3F)S(C)(=O)=O)c(Cl)cc2F)c(=O)n1C. The number of benzene rings is 2. The van der Waals surface area contributed by atoms with E-state index in [9.17, 15) is 31.6 Å². The van der Waals surface area contributed by atoms with E-state index >= 15 is 0 Å². The van der Waals surface area contributed by atoms with Crippen molar-refractivity contribution in [1.29, 1.82) is 0 Å². The molecule has 0 unspecified atom stereocenters. The number of carbonyl (C=O) groups is 1. The van der Waals surface area contributed by atoms with E-state index in [1.54, 1.807) is 0 Å². The van der Waals surface area contributed by atoms with Crippen LogP contribution in [0.4, 0.5) is 14.5 Å². The summed E-state index contributed by atoms with van der Waals surface area (Å²) in [5, 5.41) is -0.515. The van der Waals surface area contributed by atoms with Crippen molar-refractivity contribution in [2.45, 2.75) is 6.92 Å². The van der Waals surface area contributed by atoms with Gasteiger partial charge in [0.05, 0.1) is 28.2 Å². The molecule has 0 N–H and O–H groups in total. The van der Waals surface area contributed by atoms with Gasteiger partial charge in [0, 0.05) is 18.8 Å². The van der Waals surface area contributed by atoms with Crippen LogP contribution in [0.5, 0.6) is 0 Å². The van der Waals surface area contributed by atoms with Crippen molar-refractivity contribution in [2.24, 2.45) is 7.05 Å². The Bertz CT molecular complexity index is 1480. The fraction of sp³-hybridized carbons (Fsp3) is 0.150. The third-order valence-electron chi connectivity index (χ3n) is 4.66. The lowest BCUT2D eigenvalue weighted by molar-refractivity contribution is 0.100. The normalized spacial score (nSPS) is 11.4. The van der Waals surface area contributed by atoms with Gasteiger partial charge in [-0.3, -0.25) is 9.59 Å². The van der Waals surface area contributed by atoms with Crippen LogP contribution >= 0.6 is 11.6 Å². The first-order valence-electron chi connectivity index (χ1n) is 8.93. The lowest BCUT2D eigenvalue weighted by Crippen LogP contribution is -2.39. The van der Waals surface area contributed by atoms with Crippen molar-refractivity contribution in [2.75, 3.05) is 10.6 Å². The molecule has 0 radical (unpaired) electrons. The summed E-state index contributed by atoms with van der Waals surface area (Å²) in [6.45, 7) is 1.50. The number of carbonyl (C=O) groups excluding carboxylic acids is 1. The zero-order valence-corrected chi connectivity index (χ0v) is 18.5. The molecule has 32 heavy (non-hydrogen) atoms. The molecule has 0 spiro atoms. The highest BCUT2D eigenvalue weighted by Crippen LogP contribution is 2.33. The van der Waals surface area contributed by atoms with E-state index in [1.165, 1.54) is 26.1 Å². The summed E-state index contributed by atoms with van der Waals surface area (Å²) in [6, 6.07) is 7.16. The number of rotatable bonds is 4. The minimum absolute atomic E-state index is 0.181. The third kappa shape index (κ3) is 4.08. The van der Waals surface area contributed by atoms with Gasteiger partial charge < -0.3 is 4.57 Å². The van der Waals surface area contributed by atoms with Crippen LogP contribution < -0.4 is 15.6 Å². The fourth-order valence-corrected chi connectivity index (χ4v) is 4.19. The van der Waals surface area contributed by atoms with Crippen LogP contribution in [0.2, 0.25) is 5.02 Å². The first-order valence-corrected chi connectivity index (χ1v) is 11.2. The molecule has 12 heteroatoms. The van der Waals surface area contributed by atoms with E-state index in [1.807, 2.05) is 0 Å². The summed E-state index contributed by atoms with van der Waals surface area (Å²) in [7, 11) is -3.06. The Labute approximate surface area is 186 Å². The molecule has 0 saturated carbocycles. The number of sulfonamides is 1. The van der Waals surface area contributed by atoms with Gasteiger partial charge in [0.15, 0.2) is 0 Å². The molecule has 0 saturated heterocycles. The van der Waals surface area contributed by atoms with E-state index in [0.29, 0.717) is 22.6 Å². The largest absolute Gasteiger partial charge is 0.335 e. The molecular weight excluding hydrogens is 468 g/mol. The quantitative estimate of drug-likeness (QED) is 0.567. The Morgan fingerprint density at radius 2 is 1.69 bits per heavy atom. The maximum atomic E-state index is 14.8. The Balaban J connectivity index is 2.34. The highest BCUT2D eigenvalue weighted by Gasteiger charge is 2.31. The molecule has 168 valence electrons.